The van der Waals surface area contributed by atoms with Crippen LogP contribution in [-0.2, 0) is 0 Å². The van der Waals surface area contributed by atoms with E-state index in [9.17, 15) is 0 Å². The number of para-hydroxylation sites is 1. The lowest BCUT2D eigenvalue weighted by Gasteiger charge is -2.33. The summed E-state index contributed by atoms with van der Waals surface area (Å²) in [5.41, 5.74) is 2.51. The van der Waals surface area contributed by atoms with E-state index in [-0.39, 0.29) is 6.10 Å². The van der Waals surface area contributed by atoms with E-state index in [1.54, 1.807) is 0 Å². The number of thioether (sulfide) groups is 1. The van der Waals surface area contributed by atoms with E-state index >= 15 is 0 Å². The molecule has 0 amide bonds. The molecule has 0 bridgehead atoms. The quantitative estimate of drug-likeness (QED) is 0.920. The van der Waals surface area contributed by atoms with Crippen LogP contribution in [0.1, 0.15) is 17.2 Å². The number of hydrogen-bond acceptors (Lipinski definition) is 3. The molecule has 3 heteroatoms. The maximum atomic E-state index is 6.42. The second kappa shape index (κ2) is 6.54. The summed E-state index contributed by atoms with van der Waals surface area (Å²) in [5.74, 6) is 2.56. The molecule has 0 radical (unpaired) electrons. The zero-order valence-electron chi connectivity index (χ0n) is 12.5. The van der Waals surface area contributed by atoms with Gasteiger partial charge in [-0.05, 0) is 31.7 Å². The highest BCUT2D eigenvalue weighted by molar-refractivity contribution is 7.99. The number of nitrogens with one attached hydrogen (secondary N) is 1. The zero-order chi connectivity index (χ0) is 14.7. The van der Waals surface area contributed by atoms with Crippen LogP contribution in [0.4, 0.5) is 0 Å². The Balaban J connectivity index is 1.93. The maximum Gasteiger partial charge on any atom is 0.130 e. The lowest BCUT2D eigenvalue weighted by molar-refractivity contribution is 0.140. The third-order valence-electron chi connectivity index (χ3n) is 3.92. The van der Waals surface area contributed by atoms with Crippen molar-refractivity contribution in [2.45, 2.75) is 17.9 Å². The van der Waals surface area contributed by atoms with Gasteiger partial charge in [0.05, 0.1) is 0 Å². The van der Waals surface area contributed by atoms with Crippen molar-refractivity contribution in [2.24, 2.45) is 5.92 Å². The van der Waals surface area contributed by atoms with Crippen molar-refractivity contribution >= 4 is 11.8 Å². The molecule has 1 heterocycles. The number of aryl methyl sites for hydroxylation is 1. The predicted octanol–water partition coefficient (Wildman–Crippen LogP) is 4.06. The molecular weight excluding hydrogens is 278 g/mol. The predicted molar refractivity (Wildman–Crippen MR) is 89.1 cm³/mol. The van der Waals surface area contributed by atoms with E-state index < -0.39 is 0 Å². The molecule has 2 atom stereocenters. The molecule has 2 aromatic carbocycles. The van der Waals surface area contributed by atoms with E-state index in [2.05, 4.69) is 54.7 Å². The summed E-state index contributed by atoms with van der Waals surface area (Å²) in [6.45, 7) is 3.07. The summed E-state index contributed by atoms with van der Waals surface area (Å²) in [6, 6.07) is 16.9. The van der Waals surface area contributed by atoms with Gasteiger partial charge < -0.3 is 10.1 Å². The monoisotopic (exact) mass is 299 g/mol. The normalized spacial score (nSPS) is 20.9. The van der Waals surface area contributed by atoms with E-state index in [0.29, 0.717) is 5.92 Å². The summed E-state index contributed by atoms with van der Waals surface area (Å²) in [4.78, 5) is 1.35. The molecular formula is C18H21NOS. The molecule has 0 fully saturated rings. The average Bonchev–Trinajstić information content (AvgIpc) is 2.52. The molecule has 0 unspecified atom stereocenters. The summed E-state index contributed by atoms with van der Waals surface area (Å²) >= 11 is 1.94. The van der Waals surface area contributed by atoms with Gasteiger partial charge in [0.25, 0.3) is 0 Å². The second-order valence-electron chi connectivity index (χ2n) is 5.47. The van der Waals surface area contributed by atoms with Crippen LogP contribution < -0.4 is 10.1 Å². The first kappa shape index (κ1) is 14.5. The first-order valence-electron chi connectivity index (χ1n) is 7.38. The Labute approximate surface area is 130 Å². The fourth-order valence-corrected chi connectivity index (χ4v) is 4.01. The van der Waals surface area contributed by atoms with Crippen molar-refractivity contribution in [3.63, 3.8) is 0 Å². The van der Waals surface area contributed by atoms with Crippen molar-refractivity contribution in [1.29, 1.82) is 0 Å². The molecule has 0 spiro atoms. The van der Waals surface area contributed by atoms with Gasteiger partial charge in [0.15, 0.2) is 0 Å². The number of ether oxygens (including phenoxy) is 1. The van der Waals surface area contributed by atoms with Crippen LogP contribution in [-0.4, -0.2) is 19.3 Å². The fraction of sp³-hybridized carbons (Fsp3) is 0.333. The van der Waals surface area contributed by atoms with Gasteiger partial charge in [-0.15, -0.1) is 11.8 Å². The average molecular weight is 299 g/mol. The third kappa shape index (κ3) is 3.09. The Bertz CT molecular complexity index is 614. The van der Waals surface area contributed by atoms with E-state index in [1.165, 1.54) is 16.0 Å². The van der Waals surface area contributed by atoms with Crippen LogP contribution in [0, 0.1) is 12.8 Å². The maximum absolute atomic E-state index is 6.42. The highest BCUT2D eigenvalue weighted by Crippen LogP contribution is 2.42. The highest BCUT2D eigenvalue weighted by atomic mass is 32.2. The van der Waals surface area contributed by atoms with Crippen LogP contribution in [0.3, 0.4) is 0 Å². The van der Waals surface area contributed by atoms with Gasteiger partial charge in [-0.3, -0.25) is 0 Å². The summed E-state index contributed by atoms with van der Waals surface area (Å²) in [5, 5.41) is 3.31. The number of hydrogen-bond donors (Lipinski definition) is 1. The molecule has 21 heavy (non-hydrogen) atoms. The van der Waals surface area contributed by atoms with Crippen molar-refractivity contribution in [3.05, 3.63) is 59.7 Å². The van der Waals surface area contributed by atoms with Crippen molar-refractivity contribution in [3.8, 4) is 5.75 Å². The van der Waals surface area contributed by atoms with E-state index in [4.69, 9.17) is 4.74 Å². The summed E-state index contributed by atoms with van der Waals surface area (Å²) in [7, 11) is 2.01. The minimum absolute atomic E-state index is 0.121. The minimum Gasteiger partial charge on any atom is -0.485 e. The number of rotatable bonds is 4. The van der Waals surface area contributed by atoms with Crippen LogP contribution in [0.15, 0.2) is 53.4 Å². The molecule has 1 N–H and O–H groups in total. The summed E-state index contributed by atoms with van der Waals surface area (Å²) < 4.78 is 6.42. The molecule has 0 aliphatic carbocycles. The lowest BCUT2D eigenvalue weighted by atomic mass is 9.96. The standard InChI is InChI=1S/C18H21NOS/c1-13-7-3-5-9-16(13)20-18-14(11-19-2)12-21-17-10-6-4-8-15(17)18/h3-10,14,18-19H,11-12H2,1-2H3/t14-,18+/m0/s1. The molecule has 0 saturated heterocycles. The van der Waals surface area contributed by atoms with Gasteiger partial charge in [0.1, 0.15) is 11.9 Å². The van der Waals surface area contributed by atoms with Crippen LogP contribution in [0.25, 0.3) is 0 Å². The highest BCUT2D eigenvalue weighted by Gasteiger charge is 2.31. The molecule has 2 nitrogen and oxygen atoms in total. The Morgan fingerprint density at radius 2 is 1.90 bits per heavy atom. The van der Waals surface area contributed by atoms with Gasteiger partial charge in [0, 0.05) is 28.7 Å². The van der Waals surface area contributed by atoms with Crippen molar-refractivity contribution in [1.82, 2.24) is 5.32 Å². The molecule has 110 valence electrons. The van der Waals surface area contributed by atoms with Gasteiger partial charge in [-0.1, -0.05) is 36.4 Å². The first-order chi connectivity index (χ1) is 10.3. The molecule has 1 aliphatic heterocycles. The molecule has 3 rings (SSSR count). The smallest absolute Gasteiger partial charge is 0.130 e. The fourth-order valence-electron chi connectivity index (χ4n) is 2.80. The van der Waals surface area contributed by atoms with Crippen molar-refractivity contribution in [2.75, 3.05) is 19.3 Å². The number of benzene rings is 2. The third-order valence-corrected chi connectivity index (χ3v) is 5.20. The molecule has 2 aromatic rings. The molecule has 1 aliphatic rings. The second-order valence-corrected chi connectivity index (χ2v) is 6.53. The topological polar surface area (TPSA) is 21.3 Å². The summed E-state index contributed by atoms with van der Waals surface area (Å²) in [6.07, 6.45) is 0.121. The Morgan fingerprint density at radius 3 is 2.71 bits per heavy atom. The van der Waals surface area contributed by atoms with Crippen molar-refractivity contribution < 1.29 is 4.74 Å². The van der Waals surface area contributed by atoms with Gasteiger partial charge in [-0.25, -0.2) is 0 Å². The number of fused-ring (bicyclic) bond motifs is 1. The SMILES string of the molecule is CNC[C@H]1CSc2ccccc2[C@@H]1Oc1ccccc1C. The first-order valence-corrected chi connectivity index (χ1v) is 8.36. The Kier molecular flexibility index (Phi) is 4.51. The van der Waals surface area contributed by atoms with Gasteiger partial charge in [-0.2, -0.15) is 0 Å². The Morgan fingerprint density at radius 1 is 1.14 bits per heavy atom. The molecule has 0 saturated carbocycles. The Hall–Kier alpha value is -1.45. The van der Waals surface area contributed by atoms with Crippen LogP contribution in [0.5, 0.6) is 5.75 Å². The van der Waals surface area contributed by atoms with Gasteiger partial charge >= 0.3 is 0 Å². The minimum atomic E-state index is 0.121. The largest absolute Gasteiger partial charge is 0.485 e. The zero-order valence-corrected chi connectivity index (χ0v) is 13.3. The van der Waals surface area contributed by atoms with E-state index in [1.807, 2.05) is 24.9 Å². The van der Waals surface area contributed by atoms with Crippen LogP contribution in [0.2, 0.25) is 0 Å². The van der Waals surface area contributed by atoms with Crippen LogP contribution >= 0.6 is 11.8 Å². The van der Waals surface area contributed by atoms with Gasteiger partial charge in [0.2, 0.25) is 0 Å². The lowest BCUT2D eigenvalue weighted by Crippen LogP contribution is -2.32. The van der Waals surface area contributed by atoms with E-state index in [0.717, 1.165) is 18.0 Å². The molecule has 0 aromatic heterocycles.